The molecule has 0 aliphatic heterocycles. The molecule has 0 radical (unpaired) electrons. The van der Waals surface area contributed by atoms with E-state index in [-0.39, 0.29) is 19.1 Å². The van der Waals surface area contributed by atoms with Crippen LogP contribution in [0.4, 0.5) is 4.79 Å². The Kier molecular flexibility index (Phi) is 7.42. The van der Waals surface area contributed by atoms with Gasteiger partial charge in [0.1, 0.15) is 12.6 Å². The standard InChI is InChI=1S/C27H26N2O6/c30-15-24(26(32)33)29-25(31)22(17-8-2-1-3-9-17)14-28-27(34)35-16-23-20-12-6-4-10-18(20)19-11-5-7-13-21(19)23/h1-13,22-24,30H,14-16H2,(H,28,34)(H,29,31)(H,32,33)/t22?,24-/m0/s1. The zero-order valence-electron chi connectivity index (χ0n) is 18.9. The molecule has 35 heavy (non-hydrogen) atoms. The second-order valence-electron chi connectivity index (χ2n) is 8.25. The van der Waals surface area contributed by atoms with Crippen LogP contribution < -0.4 is 10.6 Å². The lowest BCUT2D eigenvalue weighted by molar-refractivity contribution is -0.143. The number of aliphatic hydroxyl groups excluding tert-OH is 1. The Morgan fingerprint density at radius 2 is 1.43 bits per heavy atom. The van der Waals surface area contributed by atoms with Crippen molar-refractivity contribution in [3.8, 4) is 11.1 Å². The van der Waals surface area contributed by atoms with Gasteiger partial charge in [0.25, 0.3) is 0 Å². The van der Waals surface area contributed by atoms with E-state index in [2.05, 4.69) is 10.6 Å². The van der Waals surface area contributed by atoms with E-state index in [9.17, 15) is 19.5 Å². The first-order chi connectivity index (χ1) is 17.0. The molecule has 0 saturated heterocycles. The van der Waals surface area contributed by atoms with E-state index in [1.54, 1.807) is 30.3 Å². The van der Waals surface area contributed by atoms with Gasteiger partial charge in [0.05, 0.1) is 12.5 Å². The Hall–Kier alpha value is -4.17. The Bertz CT molecular complexity index is 1170. The first-order valence-corrected chi connectivity index (χ1v) is 11.3. The second kappa shape index (κ2) is 10.8. The van der Waals surface area contributed by atoms with Gasteiger partial charge >= 0.3 is 12.1 Å². The zero-order chi connectivity index (χ0) is 24.8. The van der Waals surface area contributed by atoms with Crippen LogP contribution in [-0.4, -0.2) is 54.0 Å². The monoisotopic (exact) mass is 474 g/mol. The van der Waals surface area contributed by atoms with E-state index < -0.39 is 36.5 Å². The van der Waals surface area contributed by atoms with Crippen molar-refractivity contribution in [2.75, 3.05) is 19.8 Å². The first-order valence-electron chi connectivity index (χ1n) is 11.3. The fraction of sp³-hybridized carbons (Fsp3) is 0.222. The van der Waals surface area contributed by atoms with Gasteiger partial charge in [0.15, 0.2) is 0 Å². The molecule has 0 spiro atoms. The number of rotatable bonds is 9. The molecular formula is C27H26N2O6. The number of carbonyl (C=O) groups excluding carboxylic acids is 2. The third-order valence-corrected chi connectivity index (χ3v) is 6.11. The Morgan fingerprint density at radius 1 is 0.857 bits per heavy atom. The largest absolute Gasteiger partial charge is 0.480 e. The highest BCUT2D eigenvalue weighted by atomic mass is 16.5. The van der Waals surface area contributed by atoms with Gasteiger partial charge in [-0.05, 0) is 27.8 Å². The summed E-state index contributed by atoms with van der Waals surface area (Å²) in [6.45, 7) is -0.722. The van der Waals surface area contributed by atoms with E-state index in [0.29, 0.717) is 5.56 Å². The lowest BCUT2D eigenvalue weighted by Crippen LogP contribution is -2.47. The van der Waals surface area contributed by atoms with Crippen LogP contribution in [0.5, 0.6) is 0 Å². The minimum absolute atomic E-state index is 0.0951. The Morgan fingerprint density at radius 3 is 2.00 bits per heavy atom. The summed E-state index contributed by atoms with van der Waals surface area (Å²) in [4.78, 5) is 36.6. The molecule has 1 aliphatic carbocycles. The SMILES string of the molecule is O=C(NCC(C(=O)N[C@@H](CO)C(=O)O)c1ccccc1)OCC1c2ccccc2-c2ccccc21. The van der Waals surface area contributed by atoms with Crippen molar-refractivity contribution < 1.29 is 29.3 Å². The van der Waals surface area contributed by atoms with Gasteiger partial charge in [-0.1, -0.05) is 78.9 Å². The van der Waals surface area contributed by atoms with Gasteiger partial charge in [-0.25, -0.2) is 9.59 Å². The molecule has 0 heterocycles. The molecule has 2 atom stereocenters. The average Bonchev–Trinajstić information content (AvgIpc) is 3.20. The van der Waals surface area contributed by atoms with Crippen molar-refractivity contribution in [3.05, 3.63) is 95.6 Å². The normalized spacial score (nSPS) is 13.7. The lowest BCUT2D eigenvalue weighted by atomic mass is 9.97. The van der Waals surface area contributed by atoms with Crippen LogP contribution in [-0.2, 0) is 14.3 Å². The maximum Gasteiger partial charge on any atom is 0.407 e. The summed E-state index contributed by atoms with van der Waals surface area (Å²) < 4.78 is 5.53. The van der Waals surface area contributed by atoms with Crippen molar-refractivity contribution in [1.82, 2.24) is 10.6 Å². The molecule has 4 rings (SSSR count). The number of ether oxygens (including phenoxy) is 1. The smallest absolute Gasteiger partial charge is 0.407 e. The molecule has 3 aromatic carbocycles. The van der Waals surface area contributed by atoms with Gasteiger partial charge in [-0.3, -0.25) is 4.79 Å². The Balaban J connectivity index is 1.41. The maximum atomic E-state index is 12.8. The molecule has 1 aliphatic rings. The highest BCUT2D eigenvalue weighted by molar-refractivity contribution is 5.88. The molecule has 8 heteroatoms. The summed E-state index contributed by atoms with van der Waals surface area (Å²) in [7, 11) is 0. The van der Waals surface area contributed by atoms with Crippen LogP contribution in [0.3, 0.4) is 0 Å². The number of hydrogen-bond donors (Lipinski definition) is 4. The molecule has 4 N–H and O–H groups in total. The number of carboxylic acids is 1. The third-order valence-electron chi connectivity index (χ3n) is 6.11. The molecule has 0 aromatic heterocycles. The van der Waals surface area contributed by atoms with Crippen LogP contribution in [0, 0.1) is 0 Å². The van der Waals surface area contributed by atoms with Gasteiger partial charge in [0.2, 0.25) is 5.91 Å². The third kappa shape index (κ3) is 5.33. The number of nitrogens with one attached hydrogen (secondary N) is 2. The molecule has 1 unspecified atom stereocenters. The number of hydrogen-bond acceptors (Lipinski definition) is 5. The molecule has 3 aromatic rings. The van der Waals surface area contributed by atoms with Crippen molar-refractivity contribution in [2.24, 2.45) is 0 Å². The van der Waals surface area contributed by atoms with Crippen LogP contribution in [0.2, 0.25) is 0 Å². The number of aliphatic carboxylic acids is 1. The highest BCUT2D eigenvalue weighted by Crippen LogP contribution is 2.44. The maximum absolute atomic E-state index is 12.8. The molecule has 0 bridgehead atoms. The number of alkyl carbamates (subject to hydrolysis) is 1. The summed E-state index contributed by atoms with van der Waals surface area (Å²) in [5.74, 6) is -2.94. The number of fused-ring (bicyclic) bond motifs is 3. The van der Waals surface area contributed by atoms with E-state index >= 15 is 0 Å². The van der Waals surface area contributed by atoms with Crippen molar-refractivity contribution in [2.45, 2.75) is 17.9 Å². The van der Waals surface area contributed by atoms with Crippen molar-refractivity contribution >= 4 is 18.0 Å². The van der Waals surface area contributed by atoms with E-state index in [1.165, 1.54) is 0 Å². The van der Waals surface area contributed by atoms with Gasteiger partial charge in [-0.15, -0.1) is 0 Å². The van der Waals surface area contributed by atoms with Crippen molar-refractivity contribution in [1.29, 1.82) is 0 Å². The topological polar surface area (TPSA) is 125 Å². The fourth-order valence-corrected chi connectivity index (χ4v) is 4.34. The first kappa shape index (κ1) is 24.0. The number of carboxylic acid groups (broad SMARTS) is 1. The zero-order valence-corrected chi connectivity index (χ0v) is 18.9. The summed E-state index contributed by atoms with van der Waals surface area (Å²) >= 11 is 0. The summed E-state index contributed by atoms with van der Waals surface area (Å²) in [5.41, 5.74) is 5.01. The minimum Gasteiger partial charge on any atom is -0.480 e. The number of aliphatic hydroxyl groups is 1. The summed E-state index contributed by atoms with van der Waals surface area (Å²) in [6, 6.07) is 23.3. The number of amides is 2. The van der Waals surface area contributed by atoms with Crippen LogP contribution in [0.25, 0.3) is 11.1 Å². The molecule has 0 saturated carbocycles. The molecule has 180 valence electrons. The Labute approximate surface area is 202 Å². The quantitative estimate of drug-likeness (QED) is 0.378. The highest BCUT2D eigenvalue weighted by Gasteiger charge is 2.30. The van der Waals surface area contributed by atoms with Crippen LogP contribution >= 0.6 is 0 Å². The van der Waals surface area contributed by atoms with Gasteiger partial charge in [0, 0.05) is 12.5 Å². The number of carbonyl (C=O) groups is 3. The van der Waals surface area contributed by atoms with E-state index in [4.69, 9.17) is 9.84 Å². The van der Waals surface area contributed by atoms with Gasteiger partial charge in [-0.2, -0.15) is 0 Å². The van der Waals surface area contributed by atoms with Crippen LogP contribution in [0.1, 0.15) is 28.5 Å². The predicted octanol–water partition coefficient (Wildman–Crippen LogP) is 2.87. The molecule has 0 fully saturated rings. The lowest BCUT2D eigenvalue weighted by Gasteiger charge is -2.20. The molecule has 2 amide bonds. The second-order valence-corrected chi connectivity index (χ2v) is 8.25. The van der Waals surface area contributed by atoms with Gasteiger partial charge < -0.3 is 25.6 Å². The number of benzene rings is 3. The fourth-order valence-electron chi connectivity index (χ4n) is 4.34. The van der Waals surface area contributed by atoms with E-state index in [1.807, 2.05) is 48.5 Å². The summed E-state index contributed by atoms with van der Waals surface area (Å²) in [6.07, 6.45) is -0.683. The molecule has 8 nitrogen and oxygen atoms in total. The summed E-state index contributed by atoms with van der Waals surface area (Å²) in [5, 5.41) is 23.3. The average molecular weight is 475 g/mol. The van der Waals surface area contributed by atoms with Crippen LogP contribution in [0.15, 0.2) is 78.9 Å². The predicted molar refractivity (Wildman–Crippen MR) is 129 cm³/mol. The minimum atomic E-state index is -1.44. The van der Waals surface area contributed by atoms with E-state index in [0.717, 1.165) is 22.3 Å². The molecular weight excluding hydrogens is 448 g/mol. The van der Waals surface area contributed by atoms with Crippen molar-refractivity contribution in [3.63, 3.8) is 0 Å².